The summed E-state index contributed by atoms with van der Waals surface area (Å²) in [7, 11) is 0. The Bertz CT molecular complexity index is 986. The van der Waals surface area contributed by atoms with E-state index in [1.807, 2.05) is 54.6 Å². The van der Waals surface area contributed by atoms with Gasteiger partial charge in [-0.25, -0.2) is 9.59 Å². The fraction of sp³-hybridized carbons (Fsp3) is 0.360. The molecule has 0 spiro atoms. The second kappa shape index (κ2) is 9.25. The summed E-state index contributed by atoms with van der Waals surface area (Å²) in [5, 5.41) is 5.59. The molecule has 2 amide bonds. The van der Waals surface area contributed by atoms with E-state index in [1.165, 1.54) is 0 Å². The van der Waals surface area contributed by atoms with Crippen LogP contribution in [-0.2, 0) is 16.1 Å². The molecule has 31 heavy (non-hydrogen) atoms. The van der Waals surface area contributed by atoms with Crippen molar-refractivity contribution >= 4 is 12.0 Å². The third kappa shape index (κ3) is 4.74. The summed E-state index contributed by atoms with van der Waals surface area (Å²) in [6.45, 7) is 4.23. The summed E-state index contributed by atoms with van der Waals surface area (Å²) in [5.74, 6) is 0.563. The number of urea groups is 1. The van der Waals surface area contributed by atoms with Crippen LogP contribution in [0.2, 0.25) is 0 Å². The lowest BCUT2D eigenvalue weighted by Gasteiger charge is -2.30. The van der Waals surface area contributed by atoms with E-state index >= 15 is 0 Å². The number of hydrogen-bond acceptors (Lipinski definition) is 4. The molecule has 2 aromatic rings. The monoisotopic (exact) mass is 420 g/mol. The highest BCUT2D eigenvalue weighted by atomic mass is 16.5. The number of rotatable bonds is 6. The number of para-hydroxylation sites is 1. The molecule has 162 valence electrons. The van der Waals surface area contributed by atoms with E-state index in [4.69, 9.17) is 9.47 Å². The molecule has 1 aliphatic carbocycles. The molecule has 1 saturated carbocycles. The summed E-state index contributed by atoms with van der Waals surface area (Å²) < 4.78 is 11.9. The van der Waals surface area contributed by atoms with Crippen LogP contribution in [0.1, 0.15) is 50.3 Å². The number of carbonyl (C=O) groups excluding carboxylic acids is 2. The average Bonchev–Trinajstić information content (AvgIpc) is 3.16. The summed E-state index contributed by atoms with van der Waals surface area (Å²) >= 11 is 0. The minimum Gasteiger partial charge on any atom is -0.489 e. The number of ether oxygens (including phenoxy) is 2. The smallest absolute Gasteiger partial charge is 0.338 e. The number of benzene rings is 2. The highest BCUT2D eigenvalue weighted by Crippen LogP contribution is 2.35. The van der Waals surface area contributed by atoms with Crippen molar-refractivity contribution in [1.82, 2.24) is 10.6 Å². The Balaban J connectivity index is 1.61. The average molecular weight is 421 g/mol. The number of allylic oxidation sites excluding steroid dienone is 1. The molecule has 4 rings (SSSR count). The predicted molar refractivity (Wildman–Crippen MR) is 117 cm³/mol. The van der Waals surface area contributed by atoms with E-state index in [9.17, 15) is 9.59 Å². The van der Waals surface area contributed by atoms with Gasteiger partial charge in [0, 0.05) is 11.3 Å². The van der Waals surface area contributed by atoms with Gasteiger partial charge in [-0.05, 0) is 43.7 Å². The summed E-state index contributed by atoms with van der Waals surface area (Å²) in [4.78, 5) is 25.4. The van der Waals surface area contributed by atoms with Gasteiger partial charge in [0.2, 0.25) is 0 Å². The maximum atomic E-state index is 13.2. The van der Waals surface area contributed by atoms with Gasteiger partial charge in [0.15, 0.2) is 0 Å². The molecule has 0 bridgehead atoms. The van der Waals surface area contributed by atoms with Crippen LogP contribution >= 0.6 is 0 Å². The Morgan fingerprint density at radius 3 is 2.55 bits per heavy atom. The quantitative estimate of drug-likeness (QED) is 0.669. The van der Waals surface area contributed by atoms with E-state index in [1.54, 1.807) is 6.92 Å². The van der Waals surface area contributed by atoms with Crippen LogP contribution in [0.5, 0.6) is 5.75 Å². The topological polar surface area (TPSA) is 76.7 Å². The lowest BCUT2D eigenvalue weighted by molar-refractivity contribution is -0.146. The summed E-state index contributed by atoms with van der Waals surface area (Å²) in [6.07, 6.45) is 2.91. The van der Waals surface area contributed by atoms with E-state index in [-0.39, 0.29) is 12.1 Å². The molecular weight excluding hydrogens is 392 g/mol. The molecular formula is C25H28N2O4. The molecule has 2 N–H and O–H groups in total. The van der Waals surface area contributed by atoms with Gasteiger partial charge in [0.05, 0.1) is 11.6 Å². The number of esters is 1. The van der Waals surface area contributed by atoms with Crippen molar-refractivity contribution in [3.8, 4) is 5.75 Å². The highest BCUT2D eigenvalue weighted by molar-refractivity contribution is 5.95. The fourth-order valence-corrected chi connectivity index (χ4v) is 4.27. The minimum absolute atomic E-state index is 0.0874. The van der Waals surface area contributed by atoms with Crippen molar-refractivity contribution in [2.45, 2.75) is 51.9 Å². The summed E-state index contributed by atoms with van der Waals surface area (Å²) in [6, 6.07) is 16.3. The molecule has 1 heterocycles. The maximum Gasteiger partial charge on any atom is 0.338 e. The number of carbonyl (C=O) groups is 2. The minimum atomic E-state index is -0.648. The van der Waals surface area contributed by atoms with Gasteiger partial charge >= 0.3 is 12.0 Å². The first-order chi connectivity index (χ1) is 15.0. The van der Waals surface area contributed by atoms with E-state index in [0.29, 0.717) is 29.5 Å². The van der Waals surface area contributed by atoms with Crippen LogP contribution in [0, 0.1) is 5.92 Å². The van der Waals surface area contributed by atoms with E-state index in [0.717, 1.165) is 30.4 Å². The zero-order chi connectivity index (χ0) is 21.8. The lowest BCUT2D eigenvalue weighted by atomic mass is 9.94. The largest absolute Gasteiger partial charge is 0.489 e. The standard InChI is InChI=1S/C25H28N2O4/c1-16-9-8-14-20(16)31-24(28)22-17(2)26-25(29)27-23(22)19-12-6-7-13-21(19)30-15-18-10-4-3-5-11-18/h3-7,10-13,16,20,23H,8-9,14-15H2,1-2H3,(H2,26,27,29)/t16-,20-,23-/m1/s1. The van der Waals surface area contributed by atoms with Crippen LogP contribution in [0.3, 0.4) is 0 Å². The third-order valence-electron chi connectivity index (χ3n) is 6.00. The molecule has 1 fully saturated rings. The second-order valence-corrected chi connectivity index (χ2v) is 8.23. The molecule has 0 unspecified atom stereocenters. The zero-order valence-corrected chi connectivity index (χ0v) is 17.9. The predicted octanol–water partition coefficient (Wildman–Crippen LogP) is 4.63. The molecule has 6 nitrogen and oxygen atoms in total. The third-order valence-corrected chi connectivity index (χ3v) is 6.00. The number of amides is 2. The van der Waals surface area contributed by atoms with Crippen LogP contribution in [-0.4, -0.2) is 18.1 Å². The Morgan fingerprint density at radius 1 is 1.06 bits per heavy atom. The molecule has 0 aromatic heterocycles. The molecule has 3 atom stereocenters. The van der Waals surface area contributed by atoms with Gasteiger partial charge in [-0.3, -0.25) is 0 Å². The lowest BCUT2D eigenvalue weighted by Crippen LogP contribution is -2.45. The van der Waals surface area contributed by atoms with Gasteiger partial charge < -0.3 is 20.1 Å². The fourth-order valence-electron chi connectivity index (χ4n) is 4.27. The molecule has 6 heteroatoms. The Kier molecular flexibility index (Phi) is 6.26. The first-order valence-corrected chi connectivity index (χ1v) is 10.8. The Labute approximate surface area is 182 Å². The van der Waals surface area contributed by atoms with Crippen molar-refractivity contribution < 1.29 is 19.1 Å². The van der Waals surface area contributed by atoms with Crippen LogP contribution in [0.25, 0.3) is 0 Å². The normalized spacial score (nSPS) is 23.2. The van der Waals surface area contributed by atoms with Gasteiger partial charge in [-0.1, -0.05) is 55.5 Å². The number of nitrogens with one attached hydrogen (secondary N) is 2. The number of hydrogen-bond donors (Lipinski definition) is 2. The molecule has 1 aliphatic heterocycles. The van der Waals surface area contributed by atoms with Crippen molar-refractivity contribution in [3.63, 3.8) is 0 Å². The SMILES string of the molecule is CC1=C(C(=O)O[C@@H]2CCC[C@H]2C)[C@@H](c2ccccc2OCc2ccccc2)NC(=O)N1. The second-order valence-electron chi connectivity index (χ2n) is 8.23. The van der Waals surface area contributed by atoms with Crippen LogP contribution in [0.15, 0.2) is 65.9 Å². The van der Waals surface area contributed by atoms with Gasteiger partial charge in [-0.2, -0.15) is 0 Å². The van der Waals surface area contributed by atoms with Gasteiger partial charge in [-0.15, -0.1) is 0 Å². The molecule has 2 aliphatic rings. The van der Waals surface area contributed by atoms with Crippen LogP contribution in [0.4, 0.5) is 4.79 Å². The molecule has 0 radical (unpaired) electrons. The van der Waals surface area contributed by atoms with Gasteiger partial charge in [0.25, 0.3) is 0 Å². The van der Waals surface area contributed by atoms with Crippen molar-refractivity contribution in [2.75, 3.05) is 0 Å². The first-order valence-electron chi connectivity index (χ1n) is 10.8. The maximum absolute atomic E-state index is 13.2. The van der Waals surface area contributed by atoms with E-state index < -0.39 is 12.0 Å². The highest BCUT2D eigenvalue weighted by Gasteiger charge is 2.36. The van der Waals surface area contributed by atoms with Crippen LogP contribution < -0.4 is 15.4 Å². The Hall–Kier alpha value is -3.28. The van der Waals surface area contributed by atoms with Crippen molar-refractivity contribution in [1.29, 1.82) is 0 Å². The Morgan fingerprint density at radius 2 is 1.81 bits per heavy atom. The van der Waals surface area contributed by atoms with Crippen molar-refractivity contribution in [3.05, 3.63) is 77.0 Å². The molecule has 2 aromatic carbocycles. The molecule has 0 saturated heterocycles. The van der Waals surface area contributed by atoms with Gasteiger partial charge in [0.1, 0.15) is 18.5 Å². The van der Waals surface area contributed by atoms with E-state index in [2.05, 4.69) is 17.6 Å². The first kappa shape index (κ1) is 21.0. The zero-order valence-electron chi connectivity index (χ0n) is 17.9. The van der Waals surface area contributed by atoms with Crippen molar-refractivity contribution in [2.24, 2.45) is 5.92 Å². The summed E-state index contributed by atoms with van der Waals surface area (Å²) in [5.41, 5.74) is 2.67.